The van der Waals surface area contributed by atoms with E-state index in [2.05, 4.69) is 15.3 Å². The van der Waals surface area contributed by atoms with Gasteiger partial charge in [-0.25, -0.2) is 9.97 Å². The molecule has 8 heteroatoms. The molecule has 0 aliphatic rings. The lowest BCUT2D eigenvalue weighted by Crippen LogP contribution is -2.23. The first-order valence-electron chi connectivity index (χ1n) is 4.97. The standard InChI is InChI=1S/C9H12N4O4/c1-2-6(3-8(14)15)12-9-10-4-7(5-11-9)13(16)17/h4-6H,2-3H2,1H3,(H,14,15)(H,10,11,12). The number of hydrogen-bond donors (Lipinski definition) is 2. The fourth-order valence-corrected chi connectivity index (χ4v) is 1.18. The minimum Gasteiger partial charge on any atom is -0.481 e. The number of nitrogens with zero attached hydrogens (tertiary/aromatic N) is 3. The van der Waals surface area contributed by atoms with Crippen LogP contribution in [0.5, 0.6) is 0 Å². The molecule has 1 heterocycles. The third kappa shape index (κ3) is 4.01. The maximum Gasteiger partial charge on any atom is 0.305 e. The summed E-state index contributed by atoms with van der Waals surface area (Å²) in [5, 5.41) is 21.8. The summed E-state index contributed by atoms with van der Waals surface area (Å²) in [5.74, 6) is -0.741. The van der Waals surface area contributed by atoms with Crippen molar-refractivity contribution in [2.45, 2.75) is 25.8 Å². The van der Waals surface area contributed by atoms with Crippen LogP contribution in [0, 0.1) is 10.1 Å². The van der Waals surface area contributed by atoms with E-state index in [4.69, 9.17) is 5.11 Å². The van der Waals surface area contributed by atoms with E-state index in [0.717, 1.165) is 12.4 Å². The van der Waals surface area contributed by atoms with Gasteiger partial charge in [0.2, 0.25) is 5.95 Å². The van der Waals surface area contributed by atoms with Gasteiger partial charge in [0.1, 0.15) is 12.4 Å². The summed E-state index contributed by atoms with van der Waals surface area (Å²) < 4.78 is 0. The molecule has 1 atom stereocenters. The fraction of sp³-hybridized carbons (Fsp3) is 0.444. The molecule has 0 fully saturated rings. The van der Waals surface area contributed by atoms with E-state index in [1.807, 2.05) is 6.92 Å². The Morgan fingerprint density at radius 1 is 1.59 bits per heavy atom. The first-order valence-corrected chi connectivity index (χ1v) is 4.97. The Balaban J connectivity index is 2.67. The SMILES string of the molecule is CCC(CC(=O)O)Nc1ncc([N+](=O)[O-])cn1. The van der Waals surface area contributed by atoms with Crippen LogP contribution in [-0.4, -0.2) is 32.0 Å². The molecule has 8 nitrogen and oxygen atoms in total. The van der Waals surface area contributed by atoms with Gasteiger partial charge in [0.15, 0.2) is 0 Å². The summed E-state index contributed by atoms with van der Waals surface area (Å²) in [6.45, 7) is 1.83. The minimum atomic E-state index is -0.925. The van der Waals surface area contributed by atoms with Gasteiger partial charge in [-0.2, -0.15) is 0 Å². The Bertz CT molecular complexity index is 406. The van der Waals surface area contributed by atoms with Gasteiger partial charge in [0.25, 0.3) is 0 Å². The van der Waals surface area contributed by atoms with Crippen LogP contribution in [0.15, 0.2) is 12.4 Å². The second kappa shape index (κ2) is 5.73. The Kier molecular flexibility index (Phi) is 4.32. The first kappa shape index (κ1) is 12.8. The van der Waals surface area contributed by atoms with E-state index in [1.165, 1.54) is 0 Å². The average Bonchev–Trinajstić information content (AvgIpc) is 2.28. The van der Waals surface area contributed by atoms with Crippen LogP contribution >= 0.6 is 0 Å². The Labute approximate surface area is 96.9 Å². The van der Waals surface area contributed by atoms with E-state index in [0.29, 0.717) is 6.42 Å². The fourth-order valence-electron chi connectivity index (χ4n) is 1.18. The zero-order valence-corrected chi connectivity index (χ0v) is 9.16. The lowest BCUT2D eigenvalue weighted by atomic mass is 10.1. The first-order chi connectivity index (χ1) is 8.02. The number of nitro groups is 1. The van der Waals surface area contributed by atoms with Crippen molar-refractivity contribution in [3.05, 3.63) is 22.5 Å². The zero-order chi connectivity index (χ0) is 12.8. The van der Waals surface area contributed by atoms with Crippen LogP contribution in [0.3, 0.4) is 0 Å². The van der Waals surface area contributed by atoms with Crippen LogP contribution < -0.4 is 5.32 Å². The van der Waals surface area contributed by atoms with Crippen molar-refractivity contribution >= 4 is 17.6 Å². The molecule has 0 bridgehead atoms. The molecule has 0 spiro atoms. The predicted molar refractivity (Wildman–Crippen MR) is 58.6 cm³/mol. The lowest BCUT2D eigenvalue weighted by Gasteiger charge is -2.13. The van der Waals surface area contributed by atoms with Crippen LogP contribution in [0.25, 0.3) is 0 Å². The zero-order valence-electron chi connectivity index (χ0n) is 9.16. The third-order valence-corrected chi connectivity index (χ3v) is 2.10. The minimum absolute atomic E-state index is 0.0587. The highest BCUT2D eigenvalue weighted by Gasteiger charge is 2.13. The Morgan fingerprint density at radius 3 is 2.59 bits per heavy atom. The molecule has 0 radical (unpaired) electrons. The lowest BCUT2D eigenvalue weighted by molar-refractivity contribution is -0.385. The molecular formula is C9H12N4O4. The van der Waals surface area contributed by atoms with E-state index in [9.17, 15) is 14.9 Å². The second-order valence-electron chi connectivity index (χ2n) is 3.37. The summed E-state index contributed by atoms with van der Waals surface area (Å²) in [5.41, 5.74) is -0.207. The number of rotatable bonds is 6. The van der Waals surface area contributed by atoms with E-state index in [1.54, 1.807) is 0 Å². The molecule has 0 amide bonds. The summed E-state index contributed by atoms with van der Waals surface area (Å²) in [6, 6.07) is -0.297. The molecule has 1 aromatic heterocycles. The maximum absolute atomic E-state index is 10.5. The van der Waals surface area contributed by atoms with Crippen molar-refractivity contribution < 1.29 is 14.8 Å². The summed E-state index contributed by atoms with van der Waals surface area (Å²) in [4.78, 5) is 27.8. The largest absolute Gasteiger partial charge is 0.481 e. The van der Waals surface area contributed by atoms with Crippen molar-refractivity contribution in [3.8, 4) is 0 Å². The molecule has 0 aliphatic carbocycles. The van der Waals surface area contributed by atoms with Gasteiger partial charge in [-0.1, -0.05) is 6.92 Å². The van der Waals surface area contributed by atoms with E-state index >= 15 is 0 Å². The topological polar surface area (TPSA) is 118 Å². The summed E-state index contributed by atoms with van der Waals surface area (Å²) in [6.07, 6.45) is 2.68. The van der Waals surface area contributed by atoms with Crippen molar-refractivity contribution in [1.82, 2.24) is 9.97 Å². The van der Waals surface area contributed by atoms with Gasteiger partial charge >= 0.3 is 11.7 Å². The van der Waals surface area contributed by atoms with Gasteiger partial charge in [0.05, 0.1) is 11.3 Å². The van der Waals surface area contributed by atoms with Gasteiger partial charge in [-0.05, 0) is 6.42 Å². The number of carboxylic acid groups (broad SMARTS) is 1. The van der Waals surface area contributed by atoms with E-state index in [-0.39, 0.29) is 24.1 Å². The van der Waals surface area contributed by atoms with Crippen molar-refractivity contribution in [2.24, 2.45) is 0 Å². The number of aliphatic carboxylic acids is 1. The highest BCUT2D eigenvalue weighted by atomic mass is 16.6. The smallest absolute Gasteiger partial charge is 0.305 e. The van der Waals surface area contributed by atoms with E-state index < -0.39 is 10.9 Å². The number of anilines is 1. The average molecular weight is 240 g/mol. The van der Waals surface area contributed by atoms with Crippen LogP contribution in [0.4, 0.5) is 11.6 Å². The molecule has 1 aromatic rings. The number of hydrogen-bond acceptors (Lipinski definition) is 6. The van der Waals surface area contributed by atoms with Gasteiger partial charge < -0.3 is 10.4 Å². The highest BCUT2D eigenvalue weighted by molar-refractivity contribution is 5.68. The molecule has 0 aliphatic heterocycles. The van der Waals surface area contributed by atoms with Gasteiger partial charge in [-0.3, -0.25) is 14.9 Å². The molecule has 1 rings (SSSR count). The molecule has 0 saturated heterocycles. The quantitative estimate of drug-likeness (QED) is 0.563. The number of aromatic nitrogens is 2. The van der Waals surface area contributed by atoms with Crippen LogP contribution in [0.2, 0.25) is 0 Å². The highest BCUT2D eigenvalue weighted by Crippen LogP contribution is 2.10. The Hall–Kier alpha value is -2.25. The molecule has 92 valence electrons. The summed E-state index contributed by atoms with van der Waals surface area (Å²) >= 11 is 0. The van der Waals surface area contributed by atoms with Crippen molar-refractivity contribution in [3.63, 3.8) is 0 Å². The molecular weight excluding hydrogens is 228 g/mol. The van der Waals surface area contributed by atoms with Crippen LogP contribution in [0.1, 0.15) is 19.8 Å². The molecule has 0 aromatic carbocycles. The molecule has 0 saturated carbocycles. The van der Waals surface area contributed by atoms with Crippen molar-refractivity contribution in [1.29, 1.82) is 0 Å². The number of carboxylic acids is 1. The molecule has 2 N–H and O–H groups in total. The molecule has 17 heavy (non-hydrogen) atoms. The molecule has 1 unspecified atom stereocenters. The number of nitrogens with one attached hydrogen (secondary N) is 1. The summed E-state index contributed by atoms with van der Waals surface area (Å²) in [7, 11) is 0. The van der Waals surface area contributed by atoms with Crippen LogP contribution in [-0.2, 0) is 4.79 Å². The normalized spacial score (nSPS) is 11.8. The van der Waals surface area contributed by atoms with Gasteiger partial charge in [-0.15, -0.1) is 0 Å². The maximum atomic E-state index is 10.5. The Morgan fingerprint density at radius 2 is 2.18 bits per heavy atom. The van der Waals surface area contributed by atoms with Crippen molar-refractivity contribution in [2.75, 3.05) is 5.32 Å². The van der Waals surface area contributed by atoms with Gasteiger partial charge in [0, 0.05) is 6.04 Å². The third-order valence-electron chi connectivity index (χ3n) is 2.10. The predicted octanol–water partition coefficient (Wildman–Crippen LogP) is 1.05. The monoisotopic (exact) mass is 240 g/mol. The second-order valence-corrected chi connectivity index (χ2v) is 3.37. The number of carbonyl (C=O) groups is 1.